The zero-order valence-electron chi connectivity index (χ0n) is 16.3. The van der Waals surface area contributed by atoms with Gasteiger partial charge in [0.25, 0.3) is 0 Å². The van der Waals surface area contributed by atoms with Gasteiger partial charge in [0.1, 0.15) is 0 Å². The average molecular weight is 379 g/mol. The number of rotatable bonds is 4. The molecule has 2 heterocycles. The molecule has 3 heteroatoms. The summed E-state index contributed by atoms with van der Waals surface area (Å²) in [6.45, 7) is 4.79. The SMILES string of the molecule is C[C@H]1CCCCN1C1CC(C2Sc3ccccc3N2Cc2ccccc2)C1. The lowest BCUT2D eigenvalue weighted by molar-refractivity contribution is 0.0265. The molecule has 0 bridgehead atoms. The van der Waals surface area contributed by atoms with E-state index in [-0.39, 0.29) is 0 Å². The van der Waals surface area contributed by atoms with Crippen molar-refractivity contribution < 1.29 is 0 Å². The zero-order chi connectivity index (χ0) is 18.2. The second-order valence-electron chi connectivity index (χ2n) is 8.56. The number of para-hydroxylation sites is 1. The van der Waals surface area contributed by atoms with Crippen LogP contribution in [0.5, 0.6) is 0 Å². The maximum Gasteiger partial charge on any atom is 0.0831 e. The van der Waals surface area contributed by atoms with Crippen molar-refractivity contribution >= 4 is 17.4 Å². The molecule has 1 unspecified atom stereocenters. The first-order valence-corrected chi connectivity index (χ1v) is 11.5. The molecular formula is C24H30N2S. The van der Waals surface area contributed by atoms with Crippen molar-refractivity contribution in [2.45, 2.75) is 67.9 Å². The molecule has 142 valence electrons. The van der Waals surface area contributed by atoms with E-state index in [0.717, 1.165) is 24.5 Å². The van der Waals surface area contributed by atoms with Gasteiger partial charge in [0.15, 0.2) is 0 Å². The van der Waals surface area contributed by atoms with Crippen LogP contribution in [-0.4, -0.2) is 28.9 Å². The highest BCUT2D eigenvalue weighted by Crippen LogP contribution is 2.52. The predicted octanol–water partition coefficient (Wildman–Crippen LogP) is 5.78. The summed E-state index contributed by atoms with van der Waals surface area (Å²) in [4.78, 5) is 6.96. The van der Waals surface area contributed by atoms with Gasteiger partial charge in [-0.3, -0.25) is 4.90 Å². The molecule has 1 saturated carbocycles. The second kappa shape index (κ2) is 7.52. The van der Waals surface area contributed by atoms with Crippen LogP contribution in [0.1, 0.15) is 44.6 Å². The van der Waals surface area contributed by atoms with Gasteiger partial charge in [-0.15, -0.1) is 0 Å². The van der Waals surface area contributed by atoms with E-state index in [1.165, 1.54) is 54.8 Å². The number of fused-ring (bicyclic) bond motifs is 1. The Labute approximate surface area is 167 Å². The minimum atomic E-state index is 0.596. The van der Waals surface area contributed by atoms with Crippen LogP contribution in [0.3, 0.4) is 0 Å². The number of piperidine rings is 1. The van der Waals surface area contributed by atoms with Crippen LogP contribution in [0.25, 0.3) is 0 Å². The van der Waals surface area contributed by atoms with Crippen molar-refractivity contribution in [3.63, 3.8) is 0 Å². The fourth-order valence-corrected chi connectivity index (χ4v) is 6.68. The summed E-state index contributed by atoms with van der Waals surface area (Å²) in [5, 5.41) is 0.596. The summed E-state index contributed by atoms with van der Waals surface area (Å²) in [6.07, 6.45) is 6.97. The van der Waals surface area contributed by atoms with E-state index in [9.17, 15) is 0 Å². The third kappa shape index (κ3) is 3.40. The van der Waals surface area contributed by atoms with Crippen molar-refractivity contribution in [3.05, 3.63) is 60.2 Å². The molecule has 0 spiro atoms. The minimum absolute atomic E-state index is 0.596. The quantitative estimate of drug-likeness (QED) is 0.666. The Hall–Kier alpha value is -1.45. The second-order valence-corrected chi connectivity index (χ2v) is 9.72. The Bertz CT molecular complexity index is 771. The first-order chi connectivity index (χ1) is 13.3. The molecule has 2 aromatic rings. The molecular weight excluding hydrogens is 348 g/mol. The monoisotopic (exact) mass is 378 g/mol. The molecule has 0 radical (unpaired) electrons. The van der Waals surface area contributed by atoms with E-state index in [0.29, 0.717) is 5.37 Å². The molecule has 2 atom stereocenters. The Balaban J connectivity index is 1.31. The summed E-state index contributed by atoms with van der Waals surface area (Å²) < 4.78 is 0. The fraction of sp³-hybridized carbons (Fsp3) is 0.500. The fourth-order valence-electron chi connectivity index (χ4n) is 5.23. The first kappa shape index (κ1) is 17.6. The Morgan fingerprint density at radius 3 is 2.56 bits per heavy atom. The lowest BCUT2D eigenvalue weighted by atomic mass is 9.77. The van der Waals surface area contributed by atoms with Crippen LogP contribution in [0, 0.1) is 5.92 Å². The molecule has 1 aliphatic carbocycles. The van der Waals surface area contributed by atoms with Gasteiger partial charge in [-0.2, -0.15) is 0 Å². The zero-order valence-corrected chi connectivity index (χ0v) is 17.1. The number of hydrogen-bond donors (Lipinski definition) is 0. The average Bonchev–Trinajstić information content (AvgIpc) is 3.01. The molecule has 0 N–H and O–H groups in total. The highest BCUT2D eigenvalue weighted by Gasteiger charge is 2.45. The number of benzene rings is 2. The van der Waals surface area contributed by atoms with Crippen molar-refractivity contribution in [1.29, 1.82) is 0 Å². The Morgan fingerprint density at radius 1 is 0.963 bits per heavy atom. The number of anilines is 1. The van der Waals surface area contributed by atoms with E-state index in [2.05, 4.69) is 83.1 Å². The summed E-state index contributed by atoms with van der Waals surface area (Å²) in [7, 11) is 0. The molecule has 3 aliphatic rings. The lowest BCUT2D eigenvalue weighted by Gasteiger charge is -2.50. The van der Waals surface area contributed by atoms with Gasteiger partial charge in [0, 0.05) is 23.5 Å². The molecule has 27 heavy (non-hydrogen) atoms. The summed E-state index contributed by atoms with van der Waals surface area (Å²) in [6, 6.07) is 21.6. The molecule has 0 aromatic heterocycles. The molecule has 2 aromatic carbocycles. The normalized spacial score (nSPS) is 30.8. The van der Waals surface area contributed by atoms with Crippen LogP contribution in [0.2, 0.25) is 0 Å². The highest BCUT2D eigenvalue weighted by molar-refractivity contribution is 8.00. The van der Waals surface area contributed by atoms with Gasteiger partial charge in [-0.1, -0.05) is 60.6 Å². The topological polar surface area (TPSA) is 6.48 Å². The maximum atomic E-state index is 2.81. The van der Waals surface area contributed by atoms with Gasteiger partial charge in [-0.25, -0.2) is 0 Å². The van der Waals surface area contributed by atoms with E-state index >= 15 is 0 Å². The molecule has 2 aliphatic heterocycles. The predicted molar refractivity (Wildman–Crippen MR) is 115 cm³/mol. The van der Waals surface area contributed by atoms with E-state index < -0.39 is 0 Å². The molecule has 0 amide bonds. The summed E-state index contributed by atoms with van der Waals surface area (Å²) >= 11 is 2.10. The van der Waals surface area contributed by atoms with Crippen LogP contribution < -0.4 is 4.90 Å². The van der Waals surface area contributed by atoms with E-state index in [4.69, 9.17) is 0 Å². The lowest BCUT2D eigenvalue weighted by Crippen LogP contribution is -2.54. The third-order valence-electron chi connectivity index (χ3n) is 6.80. The standard InChI is InChI=1S/C24H30N2S/c1-18-9-7-8-14-25(18)21-15-20(16-21)24-26(17-19-10-3-2-4-11-19)22-12-5-6-13-23(22)27-24/h2-6,10-13,18,20-21,24H,7-9,14-17H2,1H3/t18-,20?,21?,24?/m0/s1. The van der Waals surface area contributed by atoms with E-state index in [1.54, 1.807) is 0 Å². The summed E-state index contributed by atoms with van der Waals surface area (Å²) in [5.74, 6) is 0.810. The third-order valence-corrected chi connectivity index (χ3v) is 8.28. The maximum absolute atomic E-state index is 2.81. The van der Waals surface area contributed by atoms with Gasteiger partial charge in [-0.05, 0) is 62.8 Å². The van der Waals surface area contributed by atoms with Crippen LogP contribution in [-0.2, 0) is 6.54 Å². The van der Waals surface area contributed by atoms with Crippen molar-refractivity contribution in [1.82, 2.24) is 4.90 Å². The number of nitrogens with zero attached hydrogens (tertiary/aromatic N) is 2. The van der Waals surface area contributed by atoms with Crippen LogP contribution in [0.4, 0.5) is 5.69 Å². The largest absolute Gasteiger partial charge is 0.354 e. The molecule has 2 nitrogen and oxygen atoms in total. The number of thioether (sulfide) groups is 1. The Morgan fingerprint density at radius 2 is 1.74 bits per heavy atom. The van der Waals surface area contributed by atoms with Gasteiger partial charge < -0.3 is 4.90 Å². The smallest absolute Gasteiger partial charge is 0.0831 e. The molecule has 1 saturated heterocycles. The van der Waals surface area contributed by atoms with Gasteiger partial charge >= 0.3 is 0 Å². The van der Waals surface area contributed by atoms with Crippen molar-refractivity contribution in [2.24, 2.45) is 5.92 Å². The van der Waals surface area contributed by atoms with Crippen molar-refractivity contribution in [3.8, 4) is 0 Å². The minimum Gasteiger partial charge on any atom is -0.354 e. The number of likely N-dealkylation sites (tertiary alicyclic amines) is 1. The molecule has 2 fully saturated rings. The first-order valence-electron chi connectivity index (χ1n) is 10.6. The van der Waals surface area contributed by atoms with E-state index in [1.807, 2.05) is 0 Å². The highest BCUT2D eigenvalue weighted by atomic mass is 32.2. The Kier molecular flexibility index (Phi) is 4.91. The van der Waals surface area contributed by atoms with Crippen LogP contribution in [0.15, 0.2) is 59.5 Å². The number of hydrogen-bond acceptors (Lipinski definition) is 3. The molecule has 5 rings (SSSR count). The summed E-state index contributed by atoms with van der Waals surface area (Å²) in [5.41, 5.74) is 2.85. The van der Waals surface area contributed by atoms with Crippen molar-refractivity contribution in [2.75, 3.05) is 11.4 Å². The van der Waals surface area contributed by atoms with Gasteiger partial charge in [0.2, 0.25) is 0 Å². The van der Waals surface area contributed by atoms with Crippen LogP contribution >= 0.6 is 11.8 Å². The van der Waals surface area contributed by atoms with Gasteiger partial charge in [0.05, 0.1) is 11.1 Å².